The fraction of sp³-hybridized carbons (Fsp3) is 1.00. The molecule has 0 amide bonds. The molecule has 0 aliphatic carbocycles. The molecule has 16 heteroatoms. The van der Waals surface area contributed by atoms with Gasteiger partial charge in [0.05, 0.1) is 37.9 Å². The molecule has 3 aliphatic heterocycles. The summed E-state index contributed by atoms with van der Waals surface area (Å²) in [4.78, 5) is 0. The van der Waals surface area contributed by atoms with E-state index >= 15 is 0 Å². The van der Waals surface area contributed by atoms with Gasteiger partial charge >= 0.3 is 0 Å². The molecular formula is C21H38O16. The van der Waals surface area contributed by atoms with Crippen molar-refractivity contribution in [2.75, 3.05) is 19.8 Å². The topological polar surface area (TPSA) is 269 Å². The van der Waals surface area contributed by atoms with E-state index < -0.39 is 117 Å². The number of aliphatic hydroxyl groups excluding tert-OH is 10. The molecule has 0 aromatic rings. The second-order valence-electron chi connectivity index (χ2n) is 9.78. The maximum Gasteiger partial charge on any atom is 0.203 e. The predicted molar refractivity (Wildman–Crippen MR) is 115 cm³/mol. The van der Waals surface area contributed by atoms with E-state index in [9.17, 15) is 56.2 Å². The Hall–Kier alpha value is -0.640. The molecule has 3 heterocycles. The van der Waals surface area contributed by atoms with Gasteiger partial charge < -0.3 is 79.9 Å². The lowest BCUT2D eigenvalue weighted by Crippen LogP contribution is -2.74. The van der Waals surface area contributed by atoms with Crippen LogP contribution in [0.15, 0.2) is 0 Å². The molecule has 3 rings (SSSR count). The summed E-state index contributed by atoms with van der Waals surface area (Å²) in [5, 5.41) is 113. The number of aliphatic hydroxyl groups is 11. The number of ether oxygens (including phenoxy) is 5. The molecule has 0 spiro atoms. The summed E-state index contributed by atoms with van der Waals surface area (Å²) >= 11 is 0. The average Bonchev–Trinajstić information content (AvgIpc) is 2.85. The highest BCUT2D eigenvalue weighted by Crippen LogP contribution is 2.42. The third-order valence-electron chi connectivity index (χ3n) is 6.86. The molecule has 3 aliphatic rings. The first kappa shape index (κ1) is 30.9. The fourth-order valence-corrected chi connectivity index (χ4v) is 4.79. The van der Waals surface area contributed by atoms with Crippen molar-refractivity contribution in [3.05, 3.63) is 0 Å². The molecule has 218 valence electrons. The van der Waals surface area contributed by atoms with Gasteiger partial charge in [-0.1, -0.05) is 0 Å². The standard InChI is InChI=1S/C21H38O16/c1-6(2)34-20-14(27)10(21(32)18(31)16(29)13(26)8(4-23)37-21)11(24)9(36-20)5-33-19-17(30)15(28)12(25)7(3-22)35-19/h6-20,22-32H,3-5H2,1-2H3. The van der Waals surface area contributed by atoms with Crippen molar-refractivity contribution in [2.24, 2.45) is 5.92 Å². The minimum atomic E-state index is -2.92. The quantitative estimate of drug-likeness (QED) is 0.135. The van der Waals surface area contributed by atoms with Gasteiger partial charge in [0.2, 0.25) is 5.79 Å². The van der Waals surface area contributed by atoms with Crippen molar-refractivity contribution in [1.82, 2.24) is 0 Å². The summed E-state index contributed by atoms with van der Waals surface area (Å²) in [6.07, 6.45) is -23.1. The minimum absolute atomic E-state index is 0.549. The molecular weight excluding hydrogens is 508 g/mol. The molecule has 37 heavy (non-hydrogen) atoms. The van der Waals surface area contributed by atoms with Crippen LogP contribution in [-0.4, -0.2) is 168 Å². The Morgan fingerprint density at radius 3 is 1.81 bits per heavy atom. The summed E-state index contributed by atoms with van der Waals surface area (Å²) in [5.41, 5.74) is 0. The molecule has 0 aromatic carbocycles. The van der Waals surface area contributed by atoms with E-state index in [0.29, 0.717) is 0 Å². The molecule has 0 aromatic heterocycles. The minimum Gasteiger partial charge on any atom is -0.394 e. The molecule has 0 saturated carbocycles. The maximum atomic E-state index is 11.3. The predicted octanol–water partition coefficient (Wildman–Crippen LogP) is -6.55. The molecule has 15 atom stereocenters. The van der Waals surface area contributed by atoms with E-state index in [4.69, 9.17) is 23.7 Å². The summed E-state index contributed by atoms with van der Waals surface area (Å²) < 4.78 is 27.1. The number of rotatable bonds is 8. The van der Waals surface area contributed by atoms with Crippen LogP contribution in [0.5, 0.6) is 0 Å². The Balaban J connectivity index is 1.85. The van der Waals surface area contributed by atoms with Gasteiger partial charge in [-0.05, 0) is 13.8 Å². The van der Waals surface area contributed by atoms with Crippen molar-refractivity contribution >= 4 is 0 Å². The normalized spacial score (nSPS) is 51.4. The van der Waals surface area contributed by atoms with Gasteiger partial charge in [0, 0.05) is 0 Å². The van der Waals surface area contributed by atoms with Gasteiger partial charge in [-0.25, -0.2) is 0 Å². The van der Waals surface area contributed by atoms with Crippen LogP contribution in [0, 0.1) is 5.92 Å². The summed E-state index contributed by atoms with van der Waals surface area (Å²) in [5.74, 6) is -4.78. The van der Waals surface area contributed by atoms with Crippen molar-refractivity contribution in [1.29, 1.82) is 0 Å². The Morgan fingerprint density at radius 1 is 0.676 bits per heavy atom. The SMILES string of the molecule is CC(C)OC1OC(COC2OC(CO)C(O)C(O)C2O)C(O)C(C2(O)OC(CO)C(O)C(O)C2O)C1O. The summed E-state index contributed by atoms with van der Waals surface area (Å²) in [6.45, 7) is 0.953. The van der Waals surface area contributed by atoms with Crippen molar-refractivity contribution in [3.63, 3.8) is 0 Å². The van der Waals surface area contributed by atoms with E-state index in [0.717, 1.165) is 0 Å². The van der Waals surface area contributed by atoms with Crippen LogP contribution in [-0.2, 0) is 23.7 Å². The molecule has 3 saturated heterocycles. The smallest absolute Gasteiger partial charge is 0.203 e. The Kier molecular flexibility index (Phi) is 10.2. The van der Waals surface area contributed by atoms with Crippen LogP contribution in [0.1, 0.15) is 13.8 Å². The van der Waals surface area contributed by atoms with E-state index in [2.05, 4.69) is 0 Å². The average molecular weight is 547 g/mol. The zero-order chi connectivity index (χ0) is 27.8. The van der Waals surface area contributed by atoms with Crippen LogP contribution in [0.25, 0.3) is 0 Å². The highest BCUT2D eigenvalue weighted by atomic mass is 16.7. The highest BCUT2D eigenvalue weighted by molar-refractivity contribution is 5.06. The second-order valence-corrected chi connectivity index (χ2v) is 9.78. The first-order valence-corrected chi connectivity index (χ1v) is 11.9. The van der Waals surface area contributed by atoms with Crippen molar-refractivity contribution in [3.8, 4) is 0 Å². The fourth-order valence-electron chi connectivity index (χ4n) is 4.79. The van der Waals surface area contributed by atoms with Gasteiger partial charge in [0.25, 0.3) is 0 Å². The van der Waals surface area contributed by atoms with Crippen molar-refractivity contribution < 1.29 is 79.9 Å². The van der Waals surface area contributed by atoms with Crippen LogP contribution in [0.2, 0.25) is 0 Å². The number of hydrogen-bond donors (Lipinski definition) is 11. The van der Waals surface area contributed by atoms with Gasteiger partial charge in [-0.3, -0.25) is 0 Å². The lowest BCUT2D eigenvalue weighted by molar-refractivity contribution is -0.412. The Morgan fingerprint density at radius 2 is 1.24 bits per heavy atom. The highest BCUT2D eigenvalue weighted by Gasteiger charge is 2.64. The Labute approximate surface area is 211 Å². The lowest BCUT2D eigenvalue weighted by atomic mass is 9.76. The zero-order valence-corrected chi connectivity index (χ0v) is 20.2. The monoisotopic (exact) mass is 546 g/mol. The van der Waals surface area contributed by atoms with Crippen LogP contribution in [0.3, 0.4) is 0 Å². The first-order chi connectivity index (χ1) is 17.3. The van der Waals surface area contributed by atoms with Gasteiger partial charge in [-0.2, -0.15) is 0 Å². The summed E-state index contributed by atoms with van der Waals surface area (Å²) in [7, 11) is 0. The molecule has 0 radical (unpaired) electrons. The molecule has 15 unspecified atom stereocenters. The first-order valence-electron chi connectivity index (χ1n) is 11.9. The van der Waals surface area contributed by atoms with E-state index in [1.54, 1.807) is 13.8 Å². The third kappa shape index (κ3) is 5.94. The molecule has 11 N–H and O–H groups in total. The molecule has 0 bridgehead atoms. The maximum absolute atomic E-state index is 11.3. The molecule has 3 fully saturated rings. The van der Waals surface area contributed by atoms with Gasteiger partial charge in [0.1, 0.15) is 61.0 Å². The summed E-state index contributed by atoms with van der Waals surface area (Å²) in [6, 6.07) is 0. The zero-order valence-electron chi connectivity index (χ0n) is 20.2. The third-order valence-corrected chi connectivity index (χ3v) is 6.86. The van der Waals surface area contributed by atoms with E-state index in [-0.39, 0.29) is 0 Å². The number of hydrogen-bond acceptors (Lipinski definition) is 16. The van der Waals surface area contributed by atoms with Crippen molar-refractivity contribution in [2.45, 2.75) is 105 Å². The van der Waals surface area contributed by atoms with Crippen LogP contribution in [0.4, 0.5) is 0 Å². The largest absolute Gasteiger partial charge is 0.394 e. The van der Waals surface area contributed by atoms with Crippen LogP contribution >= 0.6 is 0 Å². The van der Waals surface area contributed by atoms with E-state index in [1.165, 1.54) is 0 Å². The molecule has 16 nitrogen and oxygen atoms in total. The van der Waals surface area contributed by atoms with E-state index in [1.807, 2.05) is 0 Å². The Bertz CT molecular complexity index is 725. The second kappa shape index (κ2) is 12.3. The van der Waals surface area contributed by atoms with Gasteiger partial charge in [-0.15, -0.1) is 0 Å². The van der Waals surface area contributed by atoms with Gasteiger partial charge in [0.15, 0.2) is 12.6 Å². The lowest BCUT2D eigenvalue weighted by Gasteiger charge is -2.54. The van der Waals surface area contributed by atoms with Crippen LogP contribution < -0.4 is 0 Å².